The van der Waals surface area contributed by atoms with Crippen molar-refractivity contribution in [3.63, 3.8) is 0 Å². The minimum absolute atomic E-state index is 0.0556. The van der Waals surface area contributed by atoms with E-state index in [1.165, 1.54) is 38.5 Å². The summed E-state index contributed by atoms with van der Waals surface area (Å²) in [5.41, 5.74) is 0. The monoisotopic (exact) mass is 394 g/mol. The molecule has 1 saturated heterocycles. The number of aliphatic hydroxyl groups is 1. The van der Waals surface area contributed by atoms with E-state index in [4.69, 9.17) is 9.47 Å². The first kappa shape index (κ1) is 22.6. The fourth-order valence-corrected chi connectivity index (χ4v) is 6.83. The lowest BCUT2D eigenvalue weighted by Gasteiger charge is -2.53. The van der Waals surface area contributed by atoms with Crippen molar-refractivity contribution < 1.29 is 14.6 Å². The summed E-state index contributed by atoms with van der Waals surface area (Å²) in [7, 11) is 0. The Morgan fingerprint density at radius 3 is 1.79 bits per heavy atom. The summed E-state index contributed by atoms with van der Waals surface area (Å²) in [4.78, 5) is 0. The summed E-state index contributed by atoms with van der Waals surface area (Å²) in [6, 6.07) is 0. The Morgan fingerprint density at radius 1 is 0.857 bits per heavy atom. The van der Waals surface area contributed by atoms with Gasteiger partial charge in [-0.05, 0) is 67.6 Å². The van der Waals surface area contributed by atoms with Crippen molar-refractivity contribution in [3.8, 4) is 0 Å². The van der Waals surface area contributed by atoms with Gasteiger partial charge < -0.3 is 14.6 Å². The van der Waals surface area contributed by atoms with Crippen molar-refractivity contribution in [3.05, 3.63) is 0 Å². The first-order chi connectivity index (χ1) is 13.3. The highest BCUT2D eigenvalue weighted by molar-refractivity contribution is 5.01. The number of ether oxygens (including phenoxy) is 2. The average molecular weight is 395 g/mol. The largest absolute Gasteiger partial charge is 0.396 e. The molecule has 0 spiro atoms. The molecule has 2 saturated carbocycles. The third kappa shape index (κ3) is 4.47. The summed E-state index contributed by atoms with van der Waals surface area (Å²) >= 11 is 0. The Bertz CT molecular complexity index is 456. The lowest BCUT2D eigenvalue weighted by Crippen LogP contribution is -2.56. The Balaban J connectivity index is 1.99. The van der Waals surface area contributed by atoms with Gasteiger partial charge in [0.1, 0.15) is 0 Å². The molecule has 0 aromatic carbocycles. The average Bonchev–Trinajstić information content (AvgIpc) is 3.06. The second kappa shape index (κ2) is 9.35. The van der Waals surface area contributed by atoms with Crippen LogP contribution in [0.25, 0.3) is 0 Å². The molecule has 0 aromatic heterocycles. The molecule has 28 heavy (non-hydrogen) atoms. The van der Waals surface area contributed by atoms with Crippen LogP contribution in [0.5, 0.6) is 0 Å². The van der Waals surface area contributed by atoms with Gasteiger partial charge in [0.05, 0.1) is 12.7 Å². The van der Waals surface area contributed by atoms with Gasteiger partial charge in [0.25, 0.3) is 0 Å². The van der Waals surface area contributed by atoms with E-state index in [1.54, 1.807) is 0 Å². The predicted octanol–water partition coefficient (Wildman–Crippen LogP) is 5.90. The fourth-order valence-electron chi connectivity index (χ4n) is 6.83. The molecular weight excluding hydrogens is 348 g/mol. The topological polar surface area (TPSA) is 38.7 Å². The molecule has 1 heterocycles. The maximum Gasteiger partial charge on any atom is 0.174 e. The molecule has 3 heteroatoms. The molecule has 0 radical (unpaired) electrons. The first-order valence-corrected chi connectivity index (χ1v) is 12.2. The molecule has 2 aliphatic carbocycles. The van der Waals surface area contributed by atoms with Crippen molar-refractivity contribution >= 4 is 0 Å². The molecule has 0 bridgehead atoms. The fraction of sp³-hybridized carbons (Fsp3) is 1.00. The van der Waals surface area contributed by atoms with E-state index < -0.39 is 5.79 Å². The molecule has 8 atom stereocenters. The van der Waals surface area contributed by atoms with Crippen LogP contribution in [0.4, 0.5) is 0 Å². The highest BCUT2D eigenvalue weighted by Crippen LogP contribution is 2.56. The van der Waals surface area contributed by atoms with Gasteiger partial charge in [0.2, 0.25) is 0 Å². The van der Waals surface area contributed by atoms with E-state index in [0.29, 0.717) is 48.5 Å². The third-order valence-corrected chi connectivity index (χ3v) is 8.37. The van der Waals surface area contributed by atoms with Gasteiger partial charge in [0, 0.05) is 18.4 Å². The van der Waals surface area contributed by atoms with Crippen LogP contribution in [0.2, 0.25) is 0 Å². The van der Waals surface area contributed by atoms with Crippen molar-refractivity contribution in [1.82, 2.24) is 0 Å². The predicted molar refractivity (Wildman–Crippen MR) is 115 cm³/mol. The van der Waals surface area contributed by atoms with E-state index in [0.717, 1.165) is 11.8 Å². The molecule has 3 fully saturated rings. The van der Waals surface area contributed by atoms with Gasteiger partial charge >= 0.3 is 0 Å². The highest BCUT2D eigenvalue weighted by Gasteiger charge is 2.59. The Labute approximate surface area is 174 Å². The van der Waals surface area contributed by atoms with Crippen molar-refractivity contribution in [2.75, 3.05) is 13.2 Å². The van der Waals surface area contributed by atoms with Crippen LogP contribution >= 0.6 is 0 Å². The Kier molecular flexibility index (Phi) is 7.53. The molecule has 3 rings (SSSR count). The van der Waals surface area contributed by atoms with E-state index in [9.17, 15) is 5.11 Å². The van der Waals surface area contributed by atoms with Crippen molar-refractivity contribution in [2.24, 2.45) is 47.3 Å². The molecule has 3 nitrogen and oxygen atoms in total. The molecule has 3 aliphatic rings. The van der Waals surface area contributed by atoms with Crippen molar-refractivity contribution in [1.29, 1.82) is 0 Å². The van der Waals surface area contributed by atoms with Gasteiger partial charge in [-0.15, -0.1) is 0 Å². The molecule has 1 unspecified atom stereocenters. The summed E-state index contributed by atoms with van der Waals surface area (Å²) < 4.78 is 13.8. The van der Waals surface area contributed by atoms with Gasteiger partial charge in [-0.2, -0.15) is 0 Å². The molecular formula is C25H46O3. The van der Waals surface area contributed by atoms with Gasteiger partial charge in [-0.25, -0.2) is 0 Å². The molecule has 0 amide bonds. The molecule has 1 N–H and O–H groups in total. The van der Waals surface area contributed by atoms with E-state index in [1.807, 2.05) is 0 Å². The minimum Gasteiger partial charge on any atom is -0.396 e. The molecule has 164 valence electrons. The van der Waals surface area contributed by atoms with Crippen molar-refractivity contribution in [2.45, 2.75) is 98.4 Å². The van der Waals surface area contributed by atoms with Crippen LogP contribution < -0.4 is 0 Å². The lowest BCUT2D eigenvalue weighted by molar-refractivity contribution is -0.280. The lowest BCUT2D eigenvalue weighted by atomic mass is 9.58. The molecule has 0 aromatic rings. The number of rotatable bonds is 6. The van der Waals surface area contributed by atoms with Gasteiger partial charge in [-0.3, -0.25) is 0 Å². The highest BCUT2D eigenvalue weighted by atomic mass is 16.7. The van der Waals surface area contributed by atoms with Crippen LogP contribution in [0.15, 0.2) is 0 Å². The first-order valence-electron chi connectivity index (χ1n) is 12.2. The SMILES string of the molecule is CC(C)[C@H]1CC[C@H](C)C[C@H]1C1([C@H]2C[C@@H](C)CC[C@H]2C(C)C)OC[C@H](CCO)O1. The summed E-state index contributed by atoms with van der Waals surface area (Å²) in [6.07, 6.45) is 8.49. The zero-order valence-corrected chi connectivity index (χ0v) is 19.3. The van der Waals surface area contributed by atoms with E-state index >= 15 is 0 Å². The minimum atomic E-state index is -0.437. The van der Waals surface area contributed by atoms with E-state index in [-0.39, 0.29) is 12.7 Å². The zero-order valence-electron chi connectivity index (χ0n) is 19.3. The van der Waals surface area contributed by atoms with Gasteiger partial charge in [-0.1, -0.05) is 54.4 Å². The standard InChI is InChI=1S/C25H46O3/c1-16(2)21-9-7-18(5)13-23(21)25(27-15-20(28-25)11-12-26)24-14-19(6)8-10-22(24)17(3)4/h16-24,26H,7-15H2,1-6H3/t18-,19-,20-,21-,22+,23-,24+,25?/m0/s1. The third-order valence-electron chi connectivity index (χ3n) is 8.37. The van der Waals surface area contributed by atoms with Gasteiger partial charge in [0.15, 0.2) is 5.79 Å². The Hall–Kier alpha value is -0.120. The van der Waals surface area contributed by atoms with Crippen LogP contribution in [-0.4, -0.2) is 30.2 Å². The second-order valence-electron chi connectivity index (χ2n) is 11.1. The number of hydrogen-bond donors (Lipinski definition) is 1. The summed E-state index contributed by atoms with van der Waals surface area (Å²) in [5, 5.41) is 9.55. The van der Waals surface area contributed by atoms with Crippen LogP contribution in [0.1, 0.15) is 86.5 Å². The van der Waals surface area contributed by atoms with E-state index in [2.05, 4.69) is 41.5 Å². The maximum absolute atomic E-state index is 9.55. The smallest absolute Gasteiger partial charge is 0.174 e. The second-order valence-corrected chi connectivity index (χ2v) is 11.1. The quantitative estimate of drug-likeness (QED) is 0.610. The number of aliphatic hydroxyl groups excluding tert-OH is 1. The Morgan fingerprint density at radius 2 is 1.36 bits per heavy atom. The van der Waals surface area contributed by atoms with Crippen LogP contribution in [-0.2, 0) is 9.47 Å². The maximum atomic E-state index is 9.55. The zero-order chi connectivity index (χ0) is 20.5. The summed E-state index contributed by atoms with van der Waals surface area (Å²) in [5.74, 6) is 4.71. The van der Waals surface area contributed by atoms with Crippen LogP contribution in [0.3, 0.4) is 0 Å². The summed E-state index contributed by atoms with van der Waals surface area (Å²) in [6.45, 7) is 15.3. The van der Waals surface area contributed by atoms with Crippen LogP contribution in [0, 0.1) is 47.3 Å². The molecule has 1 aliphatic heterocycles. The number of hydrogen-bond acceptors (Lipinski definition) is 3. The normalized spacial score (nSPS) is 45.1.